The molecule has 3 aromatic carbocycles. The molecule has 34 heavy (non-hydrogen) atoms. The first kappa shape index (κ1) is 24.6. The average molecular weight is 454 g/mol. The Balaban J connectivity index is 0.000000229. The Hall–Kier alpha value is -3.99. The average Bonchev–Trinajstić information content (AvgIpc) is 2.96. The summed E-state index contributed by atoms with van der Waals surface area (Å²) in [5.41, 5.74) is 14.1. The molecule has 4 rings (SSSR count). The molecule has 0 spiro atoms. The number of anilines is 1. The van der Waals surface area contributed by atoms with E-state index in [0.717, 1.165) is 34.5 Å². The summed E-state index contributed by atoms with van der Waals surface area (Å²) in [6.45, 7) is 7.55. The summed E-state index contributed by atoms with van der Waals surface area (Å²) < 4.78 is 0. The number of aliphatic imine (C=N–C) groups is 1. The van der Waals surface area contributed by atoms with E-state index in [9.17, 15) is 9.59 Å². The zero-order valence-electron chi connectivity index (χ0n) is 20.2. The highest BCUT2D eigenvalue weighted by atomic mass is 16.1. The van der Waals surface area contributed by atoms with Gasteiger partial charge in [-0.05, 0) is 43.5 Å². The maximum absolute atomic E-state index is 12.4. The number of aryl methyl sites for hydroxylation is 2. The van der Waals surface area contributed by atoms with Crippen molar-refractivity contribution in [1.29, 1.82) is 0 Å². The molecule has 0 fully saturated rings. The van der Waals surface area contributed by atoms with E-state index >= 15 is 0 Å². The maximum atomic E-state index is 12.4. The lowest BCUT2D eigenvalue weighted by Crippen LogP contribution is -2.10. The standard InChI is InChI=1S/C19H18N2O.C10H13NO/c1-12-7-9-14(10-8-12)19-16-6-4-3-5-15(16)18(13(2)20)17(22)11-21-19;1-3-9-4-6-10(7-5-9)11-8(2)12/h3-10H,11,20H2,1-2H3;4-7H,3H2,1-2H3,(H,11,12)/b18-13-;. The van der Waals surface area contributed by atoms with Gasteiger partial charge in [0, 0.05) is 35.0 Å². The van der Waals surface area contributed by atoms with Crippen molar-refractivity contribution in [3.63, 3.8) is 0 Å². The fraction of sp³-hybridized carbons (Fsp3) is 0.207. The number of nitrogens with one attached hydrogen (secondary N) is 1. The van der Waals surface area contributed by atoms with Gasteiger partial charge in [0.15, 0.2) is 5.78 Å². The van der Waals surface area contributed by atoms with E-state index in [-0.39, 0.29) is 18.2 Å². The molecule has 0 bridgehead atoms. The first-order valence-electron chi connectivity index (χ1n) is 11.4. The highest BCUT2D eigenvalue weighted by Gasteiger charge is 2.23. The number of rotatable bonds is 3. The second kappa shape index (κ2) is 11.2. The van der Waals surface area contributed by atoms with Crippen LogP contribution < -0.4 is 11.1 Å². The predicted octanol–water partition coefficient (Wildman–Crippen LogP) is 5.31. The van der Waals surface area contributed by atoms with Gasteiger partial charge in [0.25, 0.3) is 0 Å². The number of Topliss-reactive ketones (excluding diaryl/α,β-unsaturated/α-hetero) is 1. The maximum Gasteiger partial charge on any atom is 0.221 e. The van der Waals surface area contributed by atoms with E-state index in [4.69, 9.17) is 5.73 Å². The molecule has 0 aromatic heterocycles. The van der Waals surface area contributed by atoms with Gasteiger partial charge in [0.05, 0.1) is 5.71 Å². The molecule has 1 amide bonds. The van der Waals surface area contributed by atoms with Crippen LogP contribution in [0.15, 0.2) is 83.5 Å². The van der Waals surface area contributed by atoms with Gasteiger partial charge >= 0.3 is 0 Å². The third kappa shape index (κ3) is 6.07. The van der Waals surface area contributed by atoms with Gasteiger partial charge < -0.3 is 11.1 Å². The third-order valence-electron chi connectivity index (χ3n) is 5.51. The number of benzene rings is 3. The molecule has 5 heteroatoms. The summed E-state index contributed by atoms with van der Waals surface area (Å²) in [6, 6.07) is 23.9. The van der Waals surface area contributed by atoms with Crippen LogP contribution in [0, 0.1) is 6.92 Å². The van der Waals surface area contributed by atoms with Gasteiger partial charge in [-0.2, -0.15) is 0 Å². The predicted molar refractivity (Wildman–Crippen MR) is 140 cm³/mol. The summed E-state index contributed by atoms with van der Waals surface area (Å²) in [5, 5.41) is 2.72. The van der Waals surface area contributed by atoms with Crippen molar-refractivity contribution in [2.75, 3.05) is 11.9 Å². The van der Waals surface area contributed by atoms with Crippen LogP contribution in [0.4, 0.5) is 5.69 Å². The monoisotopic (exact) mass is 453 g/mol. The number of nitrogens with two attached hydrogens (primary N) is 1. The van der Waals surface area contributed by atoms with Crippen LogP contribution in [0.2, 0.25) is 0 Å². The SMILES string of the molecule is C/C(N)=C1/C(=O)CN=C(c2ccc(C)cc2)c2ccccc21.CCc1ccc(NC(C)=O)cc1. The van der Waals surface area contributed by atoms with Crippen LogP contribution in [-0.2, 0) is 16.0 Å². The normalized spacial score (nSPS) is 14.1. The van der Waals surface area contributed by atoms with Gasteiger partial charge in [0.2, 0.25) is 5.91 Å². The Morgan fingerprint density at radius 1 is 0.941 bits per heavy atom. The van der Waals surface area contributed by atoms with Gasteiger partial charge in [-0.3, -0.25) is 14.6 Å². The van der Waals surface area contributed by atoms with Crippen LogP contribution in [0.25, 0.3) is 5.57 Å². The molecule has 3 N–H and O–H groups in total. The number of hydrogen-bond acceptors (Lipinski definition) is 4. The summed E-state index contributed by atoms with van der Waals surface area (Å²) in [5.74, 6) is -0.0613. The van der Waals surface area contributed by atoms with Gasteiger partial charge in [0.1, 0.15) is 6.54 Å². The fourth-order valence-corrected chi connectivity index (χ4v) is 3.79. The fourth-order valence-electron chi connectivity index (χ4n) is 3.79. The van der Waals surface area contributed by atoms with Gasteiger partial charge in [-0.1, -0.05) is 73.2 Å². The van der Waals surface area contributed by atoms with Crippen LogP contribution in [0.1, 0.15) is 48.6 Å². The zero-order valence-corrected chi connectivity index (χ0v) is 20.2. The third-order valence-corrected chi connectivity index (χ3v) is 5.51. The van der Waals surface area contributed by atoms with E-state index in [2.05, 4.69) is 36.3 Å². The highest BCUT2D eigenvalue weighted by Crippen LogP contribution is 2.27. The minimum Gasteiger partial charge on any atom is -0.402 e. The zero-order chi connectivity index (χ0) is 24.7. The molecule has 1 aliphatic heterocycles. The van der Waals surface area contributed by atoms with Gasteiger partial charge in [-0.25, -0.2) is 0 Å². The van der Waals surface area contributed by atoms with Crippen molar-refractivity contribution in [1.82, 2.24) is 0 Å². The summed E-state index contributed by atoms with van der Waals surface area (Å²) in [6.07, 6.45) is 1.03. The van der Waals surface area contributed by atoms with Crippen molar-refractivity contribution < 1.29 is 9.59 Å². The van der Waals surface area contributed by atoms with Crippen molar-refractivity contribution in [2.45, 2.75) is 34.1 Å². The highest BCUT2D eigenvalue weighted by molar-refractivity contribution is 6.29. The molecule has 0 aliphatic carbocycles. The number of fused-ring (bicyclic) bond motifs is 1. The number of allylic oxidation sites excluding steroid dienone is 1. The van der Waals surface area contributed by atoms with Crippen LogP contribution in [-0.4, -0.2) is 23.9 Å². The molecule has 0 saturated heterocycles. The smallest absolute Gasteiger partial charge is 0.221 e. The first-order chi connectivity index (χ1) is 16.3. The Labute approximate surface area is 201 Å². The molecule has 5 nitrogen and oxygen atoms in total. The molecular formula is C29H31N3O2. The van der Waals surface area contributed by atoms with Crippen LogP contribution >= 0.6 is 0 Å². The minimum atomic E-state index is -0.0328. The number of carbonyl (C=O) groups is 2. The van der Waals surface area contributed by atoms with Crippen molar-refractivity contribution >= 4 is 28.7 Å². The Kier molecular flexibility index (Phi) is 8.14. The van der Waals surface area contributed by atoms with Crippen LogP contribution in [0.5, 0.6) is 0 Å². The Bertz CT molecular complexity index is 1230. The summed E-state index contributed by atoms with van der Waals surface area (Å²) in [4.78, 5) is 27.6. The second-order valence-corrected chi connectivity index (χ2v) is 8.29. The molecule has 0 radical (unpaired) electrons. The lowest BCUT2D eigenvalue weighted by molar-refractivity contribution is -0.114. The first-order valence-corrected chi connectivity index (χ1v) is 11.4. The molecule has 1 heterocycles. The van der Waals surface area contributed by atoms with Crippen molar-refractivity contribution in [3.05, 3.63) is 106 Å². The second-order valence-electron chi connectivity index (χ2n) is 8.29. The largest absolute Gasteiger partial charge is 0.402 e. The molecule has 0 atom stereocenters. The molecule has 3 aromatic rings. The van der Waals surface area contributed by atoms with E-state index in [1.54, 1.807) is 6.92 Å². The summed E-state index contributed by atoms with van der Waals surface area (Å²) >= 11 is 0. The van der Waals surface area contributed by atoms with E-state index in [0.29, 0.717) is 11.3 Å². The number of ketones is 1. The molecular weight excluding hydrogens is 422 g/mol. The van der Waals surface area contributed by atoms with Crippen molar-refractivity contribution in [3.8, 4) is 0 Å². The summed E-state index contributed by atoms with van der Waals surface area (Å²) in [7, 11) is 0. The topological polar surface area (TPSA) is 84.6 Å². The van der Waals surface area contributed by atoms with E-state index in [1.165, 1.54) is 18.1 Å². The lowest BCUT2D eigenvalue weighted by atomic mass is 9.91. The lowest BCUT2D eigenvalue weighted by Gasteiger charge is -2.12. The quantitative estimate of drug-likeness (QED) is 0.527. The van der Waals surface area contributed by atoms with Crippen molar-refractivity contribution in [2.24, 2.45) is 10.7 Å². The van der Waals surface area contributed by atoms with E-state index in [1.807, 2.05) is 60.7 Å². The van der Waals surface area contributed by atoms with E-state index < -0.39 is 0 Å². The Morgan fingerprint density at radius 3 is 2.12 bits per heavy atom. The number of nitrogens with zero attached hydrogens (tertiary/aromatic N) is 1. The number of hydrogen-bond donors (Lipinski definition) is 2. The molecule has 0 saturated carbocycles. The number of carbonyl (C=O) groups excluding carboxylic acids is 2. The molecule has 174 valence electrons. The number of amides is 1. The van der Waals surface area contributed by atoms with Crippen LogP contribution in [0.3, 0.4) is 0 Å². The minimum absolute atomic E-state index is 0.0285. The Morgan fingerprint density at radius 2 is 1.56 bits per heavy atom. The molecule has 0 unspecified atom stereocenters. The molecule has 1 aliphatic rings. The van der Waals surface area contributed by atoms with Gasteiger partial charge in [-0.15, -0.1) is 0 Å².